The van der Waals surface area contributed by atoms with Crippen LogP contribution in [0, 0.1) is 0 Å². The van der Waals surface area contributed by atoms with E-state index in [-0.39, 0.29) is 0 Å². The summed E-state index contributed by atoms with van der Waals surface area (Å²) in [6.07, 6.45) is 9.89. The Morgan fingerprint density at radius 2 is 1.47 bits per heavy atom. The molecule has 0 amide bonds. The Morgan fingerprint density at radius 3 is 2.13 bits per heavy atom. The zero-order valence-corrected chi connectivity index (χ0v) is 9.62. The van der Waals surface area contributed by atoms with Gasteiger partial charge in [-0.15, -0.1) is 0 Å². The molecular formula is C12H25N3. The van der Waals surface area contributed by atoms with Gasteiger partial charge >= 0.3 is 0 Å². The number of hydrogen-bond acceptors (Lipinski definition) is 3. The zero-order chi connectivity index (χ0) is 10.7. The smallest absolute Gasteiger partial charge is 0.00843 e. The van der Waals surface area contributed by atoms with Gasteiger partial charge in [-0.3, -0.25) is 0 Å². The van der Waals surface area contributed by atoms with Crippen LogP contribution in [0.2, 0.25) is 0 Å². The molecule has 0 saturated heterocycles. The van der Waals surface area contributed by atoms with Gasteiger partial charge in [-0.1, -0.05) is 6.42 Å². The molecule has 2 aliphatic rings. The van der Waals surface area contributed by atoms with Crippen molar-refractivity contribution in [1.29, 1.82) is 0 Å². The van der Waals surface area contributed by atoms with Crippen LogP contribution in [0.15, 0.2) is 0 Å². The quantitative estimate of drug-likeness (QED) is 0.641. The molecule has 2 aliphatic carbocycles. The van der Waals surface area contributed by atoms with E-state index in [1.54, 1.807) is 0 Å². The summed E-state index contributed by atoms with van der Waals surface area (Å²) in [4.78, 5) is 0. The highest BCUT2D eigenvalue weighted by Gasteiger charge is 2.24. The van der Waals surface area contributed by atoms with Crippen LogP contribution < -0.4 is 16.8 Å². The first kappa shape index (κ1) is 11.4. The normalized spacial score (nSPS) is 42.8. The van der Waals surface area contributed by atoms with Crippen LogP contribution in [-0.2, 0) is 0 Å². The van der Waals surface area contributed by atoms with Crippen LogP contribution in [0.1, 0.15) is 51.4 Å². The molecular weight excluding hydrogens is 186 g/mol. The van der Waals surface area contributed by atoms with Crippen LogP contribution in [-0.4, -0.2) is 24.2 Å². The molecule has 0 bridgehead atoms. The summed E-state index contributed by atoms with van der Waals surface area (Å²) in [6, 6.07) is 2.27. The van der Waals surface area contributed by atoms with Crippen LogP contribution in [0.25, 0.3) is 0 Å². The summed E-state index contributed by atoms with van der Waals surface area (Å²) in [6.45, 7) is 0. The maximum absolute atomic E-state index is 5.99. The standard InChI is InChI=1S/C12H25N3/c13-9-4-6-11(7-5-9)15-12-3-1-2-10(14)8-12/h9-12,15H,1-8,13-14H2. The third-order valence-corrected chi connectivity index (χ3v) is 3.96. The fourth-order valence-electron chi connectivity index (χ4n) is 3.00. The Morgan fingerprint density at radius 1 is 0.733 bits per heavy atom. The fraction of sp³-hybridized carbons (Fsp3) is 1.00. The van der Waals surface area contributed by atoms with Crippen molar-refractivity contribution in [1.82, 2.24) is 5.32 Å². The number of hydrogen-bond donors (Lipinski definition) is 3. The first-order valence-corrected chi connectivity index (χ1v) is 6.51. The van der Waals surface area contributed by atoms with Crippen molar-refractivity contribution in [3.63, 3.8) is 0 Å². The topological polar surface area (TPSA) is 64.1 Å². The first-order valence-electron chi connectivity index (χ1n) is 6.51. The lowest BCUT2D eigenvalue weighted by atomic mass is 9.87. The average molecular weight is 211 g/mol. The molecule has 2 atom stereocenters. The molecule has 15 heavy (non-hydrogen) atoms. The molecule has 3 nitrogen and oxygen atoms in total. The molecule has 88 valence electrons. The molecule has 5 N–H and O–H groups in total. The zero-order valence-electron chi connectivity index (χ0n) is 9.62. The molecule has 0 aromatic heterocycles. The second-order valence-electron chi connectivity index (χ2n) is 5.40. The summed E-state index contributed by atoms with van der Waals surface area (Å²) in [5, 5.41) is 3.77. The maximum atomic E-state index is 5.99. The van der Waals surface area contributed by atoms with Crippen molar-refractivity contribution < 1.29 is 0 Å². The average Bonchev–Trinajstić information content (AvgIpc) is 2.22. The van der Waals surface area contributed by atoms with E-state index < -0.39 is 0 Å². The maximum Gasteiger partial charge on any atom is 0.00843 e. The predicted octanol–water partition coefficient (Wildman–Crippen LogP) is 1.12. The van der Waals surface area contributed by atoms with Gasteiger partial charge in [0.15, 0.2) is 0 Å². The van der Waals surface area contributed by atoms with Gasteiger partial charge < -0.3 is 16.8 Å². The molecule has 2 rings (SSSR count). The Balaban J connectivity index is 1.71. The molecule has 2 fully saturated rings. The van der Waals surface area contributed by atoms with E-state index >= 15 is 0 Å². The lowest BCUT2D eigenvalue weighted by Crippen LogP contribution is -2.46. The van der Waals surface area contributed by atoms with Gasteiger partial charge in [0.05, 0.1) is 0 Å². The Hall–Kier alpha value is -0.120. The van der Waals surface area contributed by atoms with Crippen LogP contribution >= 0.6 is 0 Å². The van der Waals surface area contributed by atoms with Gasteiger partial charge in [0.2, 0.25) is 0 Å². The molecule has 3 heteroatoms. The highest BCUT2D eigenvalue weighted by Crippen LogP contribution is 2.22. The third-order valence-electron chi connectivity index (χ3n) is 3.96. The second-order valence-corrected chi connectivity index (χ2v) is 5.40. The van der Waals surface area contributed by atoms with Crippen LogP contribution in [0.5, 0.6) is 0 Å². The SMILES string of the molecule is NC1CCC(NC2CCCC(N)C2)CC1. The summed E-state index contributed by atoms with van der Waals surface area (Å²) >= 11 is 0. The van der Waals surface area contributed by atoms with Gasteiger partial charge in [0.25, 0.3) is 0 Å². The van der Waals surface area contributed by atoms with E-state index in [2.05, 4.69) is 5.32 Å². The van der Waals surface area contributed by atoms with Gasteiger partial charge in [0, 0.05) is 24.2 Å². The van der Waals surface area contributed by atoms with E-state index in [1.807, 2.05) is 0 Å². The monoisotopic (exact) mass is 211 g/mol. The fourth-order valence-corrected chi connectivity index (χ4v) is 3.00. The summed E-state index contributed by atoms with van der Waals surface area (Å²) in [5.41, 5.74) is 11.9. The number of nitrogens with two attached hydrogens (primary N) is 2. The van der Waals surface area contributed by atoms with E-state index in [0.29, 0.717) is 24.2 Å². The minimum Gasteiger partial charge on any atom is -0.328 e. The lowest BCUT2D eigenvalue weighted by Gasteiger charge is -2.34. The Kier molecular flexibility index (Phi) is 4.00. The highest BCUT2D eigenvalue weighted by molar-refractivity contribution is 4.85. The second kappa shape index (κ2) is 5.28. The van der Waals surface area contributed by atoms with Crippen LogP contribution in [0.4, 0.5) is 0 Å². The lowest BCUT2D eigenvalue weighted by molar-refractivity contribution is 0.266. The Bertz CT molecular complexity index is 187. The van der Waals surface area contributed by atoms with E-state index in [9.17, 15) is 0 Å². The van der Waals surface area contributed by atoms with Gasteiger partial charge in [-0.25, -0.2) is 0 Å². The highest BCUT2D eigenvalue weighted by atomic mass is 15.0. The third kappa shape index (κ3) is 3.44. The van der Waals surface area contributed by atoms with Crippen LogP contribution in [0.3, 0.4) is 0 Å². The van der Waals surface area contributed by atoms with Gasteiger partial charge in [-0.05, 0) is 44.9 Å². The Labute approximate surface area is 93.0 Å². The summed E-state index contributed by atoms with van der Waals surface area (Å²) in [5.74, 6) is 0. The van der Waals surface area contributed by atoms with E-state index in [4.69, 9.17) is 11.5 Å². The summed E-state index contributed by atoms with van der Waals surface area (Å²) < 4.78 is 0. The molecule has 0 aliphatic heterocycles. The van der Waals surface area contributed by atoms with Crippen molar-refractivity contribution in [3.05, 3.63) is 0 Å². The first-order chi connectivity index (χ1) is 7.24. The minimum absolute atomic E-state index is 0.432. The molecule has 0 spiro atoms. The number of nitrogens with one attached hydrogen (secondary N) is 1. The minimum atomic E-state index is 0.432. The molecule has 0 aromatic carbocycles. The van der Waals surface area contributed by atoms with Gasteiger partial charge in [0.1, 0.15) is 0 Å². The van der Waals surface area contributed by atoms with Gasteiger partial charge in [-0.2, -0.15) is 0 Å². The summed E-state index contributed by atoms with van der Waals surface area (Å²) in [7, 11) is 0. The largest absolute Gasteiger partial charge is 0.328 e. The molecule has 2 unspecified atom stereocenters. The van der Waals surface area contributed by atoms with Crippen molar-refractivity contribution in [2.75, 3.05) is 0 Å². The molecule has 0 heterocycles. The van der Waals surface area contributed by atoms with Crippen molar-refractivity contribution in [2.45, 2.75) is 75.5 Å². The van der Waals surface area contributed by atoms with Crippen molar-refractivity contribution >= 4 is 0 Å². The van der Waals surface area contributed by atoms with E-state index in [1.165, 1.54) is 51.4 Å². The van der Waals surface area contributed by atoms with Crippen molar-refractivity contribution in [2.24, 2.45) is 11.5 Å². The van der Waals surface area contributed by atoms with Crippen molar-refractivity contribution in [3.8, 4) is 0 Å². The molecule has 0 aromatic rings. The molecule has 2 saturated carbocycles. The predicted molar refractivity (Wildman–Crippen MR) is 63.6 cm³/mol. The molecule has 0 radical (unpaired) electrons. The van der Waals surface area contributed by atoms with E-state index in [0.717, 1.165) is 0 Å². The number of rotatable bonds is 2.